The molecule has 0 aliphatic carbocycles. The first kappa shape index (κ1) is 10.5. The van der Waals surface area contributed by atoms with Crippen LogP contribution >= 0.6 is 22.6 Å². The first-order chi connectivity index (χ1) is 5.90. The Kier molecular flexibility index (Phi) is 2.94. The molecule has 0 spiro atoms. The molecule has 0 unspecified atom stereocenters. The predicted molar refractivity (Wildman–Crippen MR) is 43.6 cm³/mol. The molecule has 0 aromatic carbocycles. The van der Waals surface area contributed by atoms with Crippen LogP contribution in [0.4, 0.5) is 17.6 Å². The van der Waals surface area contributed by atoms with Gasteiger partial charge in [-0.2, -0.15) is 4.39 Å². The SMILES string of the molecule is Fc1nccc(I)c1OC(F)(F)F. The van der Waals surface area contributed by atoms with E-state index in [-0.39, 0.29) is 3.57 Å². The number of alkyl halides is 3. The van der Waals surface area contributed by atoms with Crippen molar-refractivity contribution in [1.29, 1.82) is 0 Å². The zero-order chi connectivity index (χ0) is 10.1. The normalized spacial score (nSPS) is 11.5. The van der Waals surface area contributed by atoms with Crippen molar-refractivity contribution >= 4 is 22.6 Å². The van der Waals surface area contributed by atoms with Crippen LogP contribution in [0.5, 0.6) is 5.75 Å². The van der Waals surface area contributed by atoms with E-state index in [0.29, 0.717) is 0 Å². The van der Waals surface area contributed by atoms with Crippen LogP contribution in [-0.4, -0.2) is 11.3 Å². The lowest BCUT2D eigenvalue weighted by molar-refractivity contribution is -0.276. The number of aromatic nitrogens is 1. The lowest BCUT2D eigenvalue weighted by atomic mass is 10.4. The number of ether oxygens (including phenoxy) is 1. The van der Waals surface area contributed by atoms with Crippen molar-refractivity contribution in [2.45, 2.75) is 6.36 Å². The molecule has 0 bridgehead atoms. The van der Waals surface area contributed by atoms with Crippen molar-refractivity contribution in [3.63, 3.8) is 0 Å². The summed E-state index contributed by atoms with van der Waals surface area (Å²) in [6, 6.07) is 1.21. The largest absolute Gasteiger partial charge is 0.573 e. The third kappa shape index (κ3) is 2.98. The number of hydrogen-bond acceptors (Lipinski definition) is 2. The molecule has 1 aromatic heterocycles. The second kappa shape index (κ2) is 3.64. The highest BCUT2D eigenvalue weighted by molar-refractivity contribution is 14.1. The molecule has 0 saturated carbocycles. The lowest BCUT2D eigenvalue weighted by Crippen LogP contribution is -2.19. The molecule has 0 N–H and O–H groups in total. The standard InChI is InChI=1S/C6H2F4INO/c7-5-4(13-6(8,9)10)3(11)1-2-12-5/h1-2H. The van der Waals surface area contributed by atoms with E-state index < -0.39 is 18.1 Å². The highest BCUT2D eigenvalue weighted by Gasteiger charge is 2.33. The molecule has 0 radical (unpaired) electrons. The molecular weight excluding hydrogens is 305 g/mol. The first-order valence-corrected chi connectivity index (χ1v) is 4.04. The van der Waals surface area contributed by atoms with Crippen molar-refractivity contribution in [2.24, 2.45) is 0 Å². The maximum absolute atomic E-state index is 12.6. The highest BCUT2D eigenvalue weighted by atomic mass is 127. The molecule has 72 valence electrons. The van der Waals surface area contributed by atoms with Gasteiger partial charge in [-0.15, -0.1) is 13.2 Å². The van der Waals surface area contributed by atoms with E-state index in [2.05, 4.69) is 9.72 Å². The zero-order valence-corrected chi connectivity index (χ0v) is 8.06. The van der Waals surface area contributed by atoms with E-state index in [0.717, 1.165) is 6.20 Å². The summed E-state index contributed by atoms with van der Waals surface area (Å²) >= 11 is 1.52. The van der Waals surface area contributed by atoms with Gasteiger partial charge < -0.3 is 4.74 Å². The van der Waals surface area contributed by atoms with Crippen LogP contribution in [0.15, 0.2) is 12.3 Å². The van der Waals surface area contributed by atoms with Crippen LogP contribution in [0.1, 0.15) is 0 Å². The van der Waals surface area contributed by atoms with Crippen molar-refractivity contribution in [3.8, 4) is 5.75 Å². The first-order valence-electron chi connectivity index (χ1n) is 2.96. The summed E-state index contributed by atoms with van der Waals surface area (Å²) in [6.07, 6.45) is -3.84. The number of halogens is 5. The summed E-state index contributed by atoms with van der Waals surface area (Å²) in [5, 5.41) is 0. The highest BCUT2D eigenvalue weighted by Crippen LogP contribution is 2.28. The van der Waals surface area contributed by atoms with E-state index in [1.807, 2.05) is 0 Å². The van der Waals surface area contributed by atoms with Gasteiger partial charge in [-0.05, 0) is 28.7 Å². The Hall–Kier alpha value is -0.600. The van der Waals surface area contributed by atoms with Crippen molar-refractivity contribution in [3.05, 3.63) is 21.8 Å². The van der Waals surface area contributed by atoms with Crippen LogP contribution in [0.3, 0.4) is 0 Å². The fourth-order valence-corrected chi connectivity index (χ4v) is 1.10. The summed E-state index contributed by atoms with van der Waals surface area (Å²) < 4.78 is 51.1. The quantitative estimate of drug-likeness (QED) is 0.452. The molecule has 2 nitrogen and oxygen atoms in total. The third-order valence-electron chi connectivity index (χ3n) is 1.03. The fourth-order valence-electron chi connectivity index (χ4n) is 0.608. The summed E-state index contributed by atoms with van der Waals surface area (Å²) in [5.41, 5.74) is 0. The number of rotatable bonds is 1. The molecular formula is C6H2F4INO. The fraction of sp³-hybridized carbons (Fsp3) is 0.167. The minimum absolute atomic E-state index is 0.0161. The van der Waals surface area contributed by atoms with E-state index in [9.17, 15) is 17.6 Å². The summed E-state index contributed by atoms with van der Waals surface area (Å²) in [4.78, 5) is 3.03. The van der Waals surface area contributed by atoms with Crippen LogP contribution in [-0.2, 0) is 0 Å². The monoisotopic (exact) mass is 307 g/mol. The second-order valence-electron chi connectivity index (χ2n) is 1.96. The van der Waals surface area contributed by atoms with Gasteiger partial charge in [0.15, 0.2) is 5.75 Å². The molecule has 0 atom stereocenters. The Bertz CT molecular complexity index is 294. The van der Waals surface area contributed by atoms with Gasteiger partial charge in [0.25, 0.3) is 5.95 Å². The van der Waals surface area contributed by atoms with Crippen molar-refractivity contribution in [2.75, 3.05) is 0 Å². The summed E-state index contributed by atoms with van der Waals surface area (Å²) in [5.74, 6) is -2.17. The van der Waals surface area contributed by atoms with Gasteiger partial charge in [0.05, 0.1) is 3.57 Å². The molecule has 0 aliphatic heterocycles. The minimum atomic E-state index is -4.90. The van der Waals surface area contributed by atoms with Crippen LogP contribution < -0.4 is 4.74 Å². The molecule has 1 aromatic rings. The van der Waals surface area contributed by atoms with Gasteiger partial charge in [-0.3, -0.25) is 0 Å². The molecule has 0 saturated heterocycles. The Balaban J connectivity index is 3.00. The Morgan fingerprint density at radius 1 is 1.38 bits per heavy atom. The van der Waals surface area contributed by atoms with E-state index in [1.54, 1.807) is 0 Å². The van der Waals surface area contributed by atoms with Crippen molar-refractivity contribution < 1.29 is 22.3 Å². The smallest absolute Gasteiger partial charge is 0.400 e. The molecule has 0 aliphatic rings. The summed E-state index contributed by atoms with van der Waals surface area (Å²) in [7, 11) is 0. The molecule has 13 heavy (non-hydrogen) atoms. The summed E-state index contributed by atoms with van der Waals surface area (Å²) in [6.45, 7) is 0. The van der Waals surface area contributed by atoms with Gasteiger partial charge in [0.1, 0.15) is 0 Å². The van der Waals surface area contributed by atoms with E-state index in [4.69, 9.17) is 0 Å². The Labute approximate surface area is 84.1 Å². The number of pyridine rings is 1. The van der Waals surface area contributed by atoms with E-state index >= 15 is 0 Å². The minimum Gasteiger partial charge on any atom is -0.400 e. The topological polar surface area (TPSA) is 22.1 Å². The van der Waals surface area contributed by atoms with Gasteiger partial charge >= 0.3 is 6.36 Å². The predicted octanol–water partition coefficient (Wildman–Crippen LogP) is 2.72. The Morgan fingerprint density at radius 2 is 2.00 bits per heavy atom. The van der Waals surface area contributed by atoms with Gasteiger partial charge in [0, 0.05) is 6.20 Å². The molecule has 1 rings (SSSR count). The van der Waals surface area contributed by atoms with Crippen molar-refractivity contribution in [1.82, 2.24) is 4.98 Å². The average molecular weight is 307 g/mol. The molecule has 0 fully saturated rings. The van der Waals surface area contributed by atoms with E-state index in [1.165, 1.54) is 28.7 Å². The van der Waals surface area contributed by atoms with Crippen LogP contribution in [0, 0.1) is 9.52 Å². The Morgan fingerprint density at radius 3 is 2.46 bits per heavy atom. The van der Waals surface area contributed by atoms with Gasteiger partial charge in [0.2, 0.25) is 0 Å². The maximum atomic E-state index is 12.6. The second-order valence-corrected chi connectivity index (χ2v) is 3.12. The molecule has 1 heterocycles. The van der Waals surface area contributed by atoms with Crippen LogP contribution in [0.25, 0.3) is 0 Å². The van der Waals surface area contributed by atoms with Crippen LogP contribution in [0.2, 0.25) is 0 Å². The van der Waals surface area contributed by atoms with Gasteiger partial charge in [-0.25, -0.2) is 4.98 Å². The third-order valence-corrected chi connectivity index (χ3v) is 1.88. The molecule has 7 heteroatoms. The maximum Gasteiger partial charge on any atom is 0.573 e. The zero-order valence-electron chi connectivity index (χ0n) is 5.90. The lowest BCUT2D eigenvalue weighted by Gasteiger charge is -2.09. The number of nitrogens with zero attached hydrogens (tertiary/aromatic N) is 1. The average Bonchev–Trinajstić information content (AvgIpc) is 1.95. The molecule has 0 amide bonds. The van der Waals surface area contributed by atoms with Gasteiger partial charge in [-0.1, -0.05) is 0 Å². The number of hydrogen-bond donors (Lipinski definition) is 0.